The molecule has 2 amide bonds. The van der Waals surface area contributed by atoms with Crippen molar-refractivity contribution in [3.63, 3.8) is 0 Å². The lowest BCUT2D eigenvalue weighted by molar-refractivity contribution is -0.123. The average molecular weight is 372 g/mol. The van der Waals surface area contributed by atoms with Gasteiger partial charge in [-0.1, -0.05) is 12.1 Å². The van der Waals surface area contributed by atoms with E-state index >= 15 is 0 Å². The lowest BCUT2D eigenvalue weighted by atomic mass is 10.2. The average Bonchev–Trinajstić information content (AvgIpc) is 2.50. The van der Waals surface area contributed by atoms with Gasteiger partial charge < -0.3 is 10.6 Å². The van der Waals surface area contributed by atoms with E-state index < -0.39 is 11.8 Å². The third kappa shape index (κ3) is 4.94. The smallest absolute Gasteiger partial charge is 0.233 e. The maximum atomic E-state index is 11.9. The van der Waals surface area contributed by atoms with Crippen LogP contribution in [0, 0.1) is 18.3 Å². The second-order valence-corrected chi connectivity index (χ2v) is 5.80. The van der Waals surface area contributed by atoms with Crippen LogP contribution in [0.2, 0.25) is 0 Å². The van der Waals surface area contributed by atoms with Gasteiger partial charge in [-0.3, -0.25) is 9.59 Å². The molecular formula is C17H14BrN3O2. The van der Waals surface area contributed by atoms with Gasteiger partial charge in [-0.2, -0.15) is 5.26 Å². The molecule has 23 heavy (non-hydrogen) atoms. The minimum Gasteiger partial charge on any atom is -0.326 e. The lowest BCUT2D eigenvalue weighted by Gasteiger charge is -2.09. The number of carbonyl (C=O) groups is 2. The first-order valence-corrected chi connectivity index (χ1v) is 7.63. The summed E-state index contributed by atoms with van der Waals surface area (Å²) in [6, 6.07) is 14.0. The van der Waals surface area contributed by atoms with Crippen molar-refractivity contribution in [1.82, 2.24) is 0 Å². The van der Waals surface area contributed by atoms with Crippen LogP contribution >= 0.6 is 15.9 Å². The van der Waals surface area contributed by atoms with Gasteiger partial charge >= 0.3 is 0 Å². The first-order chi connectivity index (χ1) is 11.0. The van der Waals surface area contributed by atoms with Gasteiger partial charge in [0.05, 0.1) is 17.3 Å². The predicted molar refractivity (Wildman–Crippen MR) is 91.9 cm³/mol. The number of hydrogen-bond donors (Lipinski definition) is 2. The molecule has 0 aliphatic heterocycles. The number of nitriles is 1. The number of anilines is 2. The van der Waals surface area contributed by atoms with Crippen LogP contribution in [0.15, 0.2) is 46.9 Å². The van der Waals surface area contributed by atoms with Gasteiger partial charge in [-0.05, 0) is 58.7 Å². The highest BCUT2D eigenvalue weighted by molar-refractivity contribution is 9.10. The molecule has 2 N–H and O–H groups in total. The molecule has 0 aliphatic carbocycles. The van der Waals surface area contributed by atoms with Crippen LogP contribution in [-0.4, -0.2) is 11.8 Å². The first kappa shape index (κ1) is 16.7. The number of rotatable bonds is 4. The Labute approximate surface area is 142 Å². The van der Waals surface area contributed by atoms with Crippen LogP contribution in [0.3, 0.4) is 0 Å². The summed E-state index contributed by atoms with van der Waals surface area (Å²) in [5, 5.41) is 14.1. The van der Waals surface area contributed by atoms with Gasteiger partial charge in [0.15, 0.2) is 0 Å². The zero-order valence-electron chi connectivity index (χ0n) is 12.4. The Morgan fingerprint density at radius 1 is 1.13 bits per heavy atom. The highest BCUT2D eigenvalue weighted by atomic mass is 79.9. The van der Waals surface area contributed by atoms with Crippen molar-refractivity contribution in [2.45, 2.75) is 13.3 Å². The summed E-state index contributed by atoms with van der Waals surface area (Å²) < 4.78 is 0.757. The van der Waals surface area contributed by atoms with Gasteiger partial charge in [0.25, 0.3) is 0 Å². The Balaban J connectivity index is 1.94. The monoisotopic (exact) mass is 371 g/mol. The normalized spacial score (nSPS) is 9.78. The van der Waals surface area contributed by atoms with Crippen molar-refractivity contribution in [3.8, 4) is 6.07 Å². The van der Waals surface area contributed by atoms with E-state index in [1.165, 1.54) is 0 Å². The largest absolute Gasteiger partial charge is 0.326 e. The second-order valence-electron chi connectivity index (χ2n) is 4.95. The molecule has 0 saturated heterocycles. The van der Waals surface area contributed by atoms with E-state index in [9.17, 15) is 9.59 Å². The summed E-state index contributed by atoms with van der Waals surface area (Å²) in [5.74, 6) is -0.857. The van der Waals surface area contributed by atoms with E-state index in [2.05, 4.69) is 26.6 Å². The molecule has 0 bridgehead atoms. The Hall–Kier alpha value is -2.65. The Morgan fingerprint density at radius 2 is 1.87 bits per heavy atom. The molecule has 0 aliphatic rings. The van der Waals surface area contributed by atoms with Crippen molar-refractivity contribution in [3.05, 3.63) is 58.1 Å². The molecule has 0 aromatic heterocycles. The third-order valence-corrected chi connectivity index (χ3v) is 3.65. The van der Waals surface area contributed by atoms with Crippen LogP contribution in [0.25, 0.3) is 0 Å². The van der Waals surface area contributed by atoms with E-state index in [0.717, 1.165) is 10.0 Å². The van der Waals surface area contributed by atoms with Gasteiger partial charge in [0.2, 0.25) is 11.8 Å². The van der Waals surface area contributed by atoms with Gasteiger partial charge in [0.1, 0.15) is 6.42 Å². The fourth-order valence-corrected chi connectivity index (χ4v) is 2.53. The zero-order valence-corrected chi connectivity index (χ0v) is 14.0. The van der Waals surface area contributed by atoms with Crippen LogP contribution in [-0.2, 0) is 9.59 Å². The minimum absolute atomic E-state index is 0.308. The summed E-state index contributed by atoms with van der Waals surface area (Å²) in [7, 11) is 0. The van der Waals surface area contributed by atoms with Crippen molar-refractivity contribution in [2.24, 2.45) is 0 Å². The molecule has 2 rings (SSSR count). The highest BCUT2D eigenvalue weighted by Gasteiger charge is 2.11. The summed E-state index contributed by atoms with van der Waals surface area (Å²) in [5.41, 5.74) is 2.60. The highest BCUT2D eigenvalue weighted by Crippen LogP contribution is 2.23. The second kappa shape index (κ2) is 7.56. The lowest BCUT2D eigenvalue weighted by Crippen LogP contribution is -2.21. The van der Waals surface area contributed by atoms with Crippen molar-refractivity contribution in [1.29, 1.82) is 5.26 Å². The molecule has 6 heteroatoms. The molecule has 0 atom stereocenters. The number of nitrogens with one attached hydrogen (secondary N) is 2. The van der Waals surface area contributed by atoms with E-state index in [0.29, 0.717) is 16.9 Å². The molecule has 0 spiro atoms. The van der Waals surface area contributed by atoms with Gasteiger partial charge in [-0.15, -0.1) is 0 Å². The summed E-state index contributed by atoms with van der Waals surface area (Å²) >= 11 is 3.37. The summed E-state index contributed by atoms with van der Waals surface area (Å²) in [6.45, 7) is 1.94. The van der Waals surface area contributed by atoms with E-state index in [1.807, 2.05) is 25.1 Å². The Kier molecular flexibility index (Phi) is 5.50. The minimum atomic E-state index is -0.444. The Morgan fingerprint density at radius 3 is 2.57 bits per heavy atom. The van der Waals surface area contributed by atoms with E-state index in [-0.39, 0.29) is 6.42 Å². The molecular weight excluding hydrogens is 358 g/mol. The van der Waals surface area contributed by atoms with Crippen LogP contribution in [0.4, 0.5) is 11.4 Å². The van der Waals surface area contributed by atoms with Crippen LogP contribution in [0.1, 0.15) is 17.5 Å². The topological polar surface area (TPSA) is 82.0 Å². The number of benzene rings is 2. The predicted octanol–water partition coefficient (Wildman–Crippen LogP) is 3.60. The number of aryl methyl sites for hydroxylation is 1. The fourth-order valence-electron chi connectivity index (χ4n) is 1.93. The third-order valence-electron chi connectivity index (χ3n) is 3.00. The maximum absolute atomic E-state index is 11.9. The quantitative estimate of drug-likeness (QED) is 0.805. The van der Waals surface area contributed by atoms with E-state index in [1.54, 1.807) is 30.3 Å². The van der Waals surface area contributed by atoms with Crippen molar-refractivity contribution < 1.29 is 9.59 Å². The molecule has 116 valence electrons. The SMILES string of the molecule is Cc1ccc(NC(=O)CC(=O)Nc2cccc(C#N)c2)c(Br)c1. The molecule has 2 aromatic rings. The maximum Gasteiger partial charge on any atom is 0.233 e. The summed E-state index contributed by atoms with van der Waals surface area (Å²) in [4.78, 5) is 23.8. The molecule has 0 heterocycles. The molecule has 0 unspecified atom stereocenters. The van der Waals surface area contributed by atoms with Gasteiger partial charge in [-0.25, -0.2) is 0 Å². The number of amides is 2. The Bertz CT molecular complexity index is 797. The van der Waals surface area contributed by atoms with Crippen LogP contribution < -0.4 is 10.6 Å². The van der Waals surface area contributed by atoms with Crippen molar-refractivity contribution in [2.75, 3.05) is 10.6 Å². The number of carbonyl (C=O) groups excluding carboxylic acids is 2. The fraction of sp³-hybridized carbons (Fsp3) is 0.118. The zero-order chi connectivity index (χ0) is 16.8. The standard InChI is InChI=1S/C17H14BrN3O2/c1-11-5-6-15(14(18)7-11)21-17(23)9-16(22)20-13-4-2-3-12(8-13)10-19/h2-8H,9H2,1H3,(H,20,22)(H,21,23). The molecule has 2 aromatic carbocycles. The molecule has 0 fully saturated rings. The molecule has 5 nitrogen and oxygen atoms in total. The number of halogens is 1. The summed E-state index contributed by atoms with van der Waals surface area (Å²) in [6.07, 6.45) is -0.308. The van der Waals surface area contributed by atoms with Crippen LogP contribution in [0.5, 0.6) is 0 Å². The molecule has 0 saturated carbocycles. The first-order valence-electron chi connectivity index (χ1n) is 6.84. The van der Waals surface area contributed by atoms with Crippen molar-refractivity contribution >= 4 is 39.1 Å². The van der Waals surface area contributed by atoms with E-state index in [4.69, 9.17) is 5.26 Å². The number of nitrogens with zero attached hydrogens (tertiary/aromatic N) is 1. The van der Waals surface area contributed by atoms with Gasteiger partial charge in [0, 0.05) is 10.2 Å². The molecule has 0 radical (unpaired) electrons. The number of hydrogen-bond acceptors (Lipinski definition) is 3.